The molecule has 3 aromatic heterocycles. The zero-order chi connectivity index (χ0) is 13.7. The summed E-state index contributed by atoms with van der Waals surface area (Å²) < 4.78 is 1.54. The van der Waals surface area contributed by atoms with Crippen LogP contribution in [-0.4, -0.2) is 29.7 Å². The van der Waals surface area contributed by atoms with Gasteiger partial charge in [0.05, 0.1) is 17.2 Å². The van der Waals surface area contributed by atoms with Crippen LogP contribution in [0.4, 0.5) is 0 Å². The summed E-state index contributed by atoms with van der Waals surface area (Å²) >= 11 is 0. The second-order valence-electron chi connectivity index (χ2n) is 4.52. The molecule has 0 radical (unpaired) electrons. The maximum Gasteiger partial charge on any atom is 0.262 e. The molecule has 0 spiro atoms. The molecule has 0 saturated carbocycles. The average Bonchev–Trinajstić information content (AvgIpc) is 3.00. The van der Waals surface area contributed by atoms with Gasteiger partial charge in [0, 0.05) is 0 Å². The van der Waals surface area contributed by atoms with E-state index in [4.69, 9.17) is 0 Å². The third-order valence-corrected chi connectivity index (χ3v) is 3.13. The normalized spacial score (nSPS) is 11.4. The van der Waals surface area contributed by atoms with Gasteiger partial charge in [-0.05, 0) is 19.1 Å². The van der Waals surface area contributed by atoms with Gasteiger partial charge >= 0.3 is 0 Å². The van der Waals surface area contributed by atoms with Gasteiger partial charge in [-0.2, -0.15) is 9.78 Å². The second-order valence-corrected chi connectivity index (χ2v) is 4.52. The lowest BCUT2D eigenvalue weighted by Gasteiger charge is -1.98. The molecule has 0 unspecified atom stereocenters. The van der Waals surface area contributed by atoms with Crippen molar-refractivity contribution in [3.05, 3.63) is 46.6 Å². The molecule has 20 heavy (non-hydrogen) atoms. The highest BCUT2D eigenvalue weighted by Gasteiger charge is 2.12. The van der Waals surface area contributed by atoms with Gasteiger partial charge in [-0.25, -0.2) is 9.97 Å². The zero-order valence-electron chi connectivity index (χ0n) is 10.6. The molecule has 0 fully saturated rings. The van der Waals surface area contributed by atoms with Crippen molar-refractivity contribution in [1.82, 2.24) is 29.7 Å². The molecule has 0 bridgehead atoms. The number of hydrogen-bond donors (Lipinski definition) is 2. The van der Waals surface area contributed by atoms with Crippen molar-refractivity contribution in [3.63, 3.8) is 0 Å². The van der Waals surface area contributed by atoms with Gasteiger partial charge < -0.3 is 9.97 Å². The molecule has 0 atom stereocenters. The van der Waals surface area contributed by atoms with E-state index in [0.29, 0.717) is 22.8 Å². The Morgan fingerprint density at radius 1 is 1.15 bits per heavy atom. The number of H-pyrrole nitrogens is 2. The van der Waals surface area contributed by atoms with Crippen molar-refractivity contribution in [3.8, 4) is 5.95 Å². The van der Waals surface area contributed by atoms with Crippen molar-refractivity contribution in [1.29, 1.82) is 0 Å². The fraction of sp³-hybridized carbons (Fsp3) is 0.0769. The summed E-state index contributed by atoms with van der Waals surface area (Å²) in [5.41, 5.74) is 2.04. The number of aromatic nitrogens is 6. The molecular formula is C13H10N6O. The summed E-state index contributed by atoms with van der Waals surface area (Å²) in [6.07, 6.45) is 1.49. The first-order chi connectivity index (χ1) is 9.72. The van der Waals surface area contributed by atoms with E-state index in [2.05, 4.69) is 25.0 Å². The van der Waals surface area contributed by atoms with Crippen LogP contribution in [0.3, 0.4) is 0 Å². The lowest BCUT2D eigenvalue weighted by atomic mass is 10.3. The van der Waals surface area contributed by atoms with E-state index in [0.717, 1.165) is 11.0 Å². The number of aromatic amines is 2. The lowest BCUT2D eigenvalue weighted by molar-refractivity contribution is 0.840. The number of benzene rings is 1. The second kappa shape index (κ2) is 3.77. The number of aryl methyl sites for hydroxylation is 1. The first-order valence-corrected chi connectivity index (χ1v) is 6.12. The van der Waals surface area contributed by atoms with Crippen LogP contribution in [0.25, 0.3) is 28.0 Å². The standard InChI is InChI=1S/C13H10N6O/c1-7-15-11-8(12(20)16-7)6-14-19(11)13-17-9-4-2-3-5-10(9)18-13/h2-6H,1H3,(H,17,18)(H,15,16,20). The highest BCUT2D eigenvalue weighted by molar-refractivity contribution is 5.78. The molecule has 0 aliphatic carbocycles. The Balaban J connectivity index is 2.04. The van der Waals surface area contributed by atoms with E-state index in [-0.39, 0.29) is 5.56 Å². The largest absolute Gasteiger partial charge is 0.322 e. The lowest BCUT2D eigenvalue weighted by Crippen LogP contribution is -2.10. The summed E-state index contributed by atoms with van der Waals surface area (Å²) in [5, 5.41) is 4.64. The number of nitrogens with zero attached hydrogens (tertiary/aromatic N) is 4. The van der Waals surface area contributed by atoms with E-state index < -0.39 is 0 Å². The highest BCUT2D eigenvalue weighted by atomic mass is 16.1. The van der Waals surface area contributed by atoms with Gasteiger partial charge in [-0.3, -0.25) is 4.79 Å². The van der Waals surface area contributed by atoms with E-state index in [1.807, 2.05) is 24.3 Å². The Hall–Kier alpha value is -2.96. The van der Waals surface area contributed by atoms with Gasteiger partial charge in [-0.1, -0.05) is 12.1 Å². The first-order valence-electron chi connectivity index (χ1n) is 6.12. The molecule has 98 valence electrons. The monoisotopic (exact) mass is 266 g/mol. The van der Waals surface area contributed by atoms with E-state index in [1.54, 1.807) is 6.92 Å². The molecular weight excluding hydrogens is 256 g/mol. The Kier molecular flexibility index (Phi) is 2.06. The van der Waals surface area contributed by atoms with Crippen LogP contribution in [0.15, 0.2) is 35.3 Å². The van der Waals surface area contributed by atoms with Crippen LogP contribution in [0.1, 0.15) is 5.82 Å². The molecule has 0 aliphatic rings. The van der Waals surface area contributed by atoms with Gasteiger partial charge in [-0.15, -0.1) is 0 Å². The SMILES string of the molecule is Cc1nc2c(cnn2-c2nc3ccccc3[nH]2)c(=O)[nH]1. The minimum Gasteiger partial charge on any atom is -0.322 e. The zero-order valence-corrected chi connectivity index (χ0v) is 10.6. The Bertz CT molecular complexity index is 960. The van der Waals surface area contributed by atoms with Crippen LogP contribution in [0.2, 0.25) is 0 Å². The fourth-order valence-corrected chi connectivity index (χ4v) is 2.22. The molecule has 3 heterocycles. The van der Waals surface area contributed by atoms with E-state index in [1.165, 1.54) is 10.9 Å². The van der Waals surface area contributed by atoms with Crippen molar-refractivity contribution in [2.24, 2.45) is 0 Å². The predicted molar refractivity (Wildman–Crippen MR) is 73.9 cm³/mol. The molecule has 0 saturated heterocycles. The summed E-state index contributed by atoms with van der Waals surface area (Å²) in [6, 6.07) is 7.69. The summed E-state index contributed by atoms with van der Waals surface area (Å²) in [5.74, 6) is 1.08. The van der Waals surface area contributed by atoms with Gasteiger partial charge in [0.1, 0.15) is 11.2 Å². The number of nitrogens with one attached hydrogen (secondary N) is 2. The minimum absolute atomic E-state index is 0.199. The third kappa shape index (κ3) is 1.46. The molecule has 7 heteroatoms. The van der Waals surface area contributed by atoms with Crippen molar-refractivity contribution < 1.29 is 0 Å². The average molecular weight is 266 g/mol. The van der Waals surface area contributed by atoms with Crippen LogP contribution >= 0.6 is 0 Å². The van der Waals surface area contributed by atoms with Crippen LogP contribution in [-0.2, 0) is 0 Å². The van der Waals surface area contributed by atoms with Crippen LogP contribution in [0.5, 0.6) is 0 Å². The highest BCUT2D eigenvalue weighted by Crippen LogP contribution is 2.15. The fourth-order valence-electron chi connectivity index (χ4n) is 2.22. The Morgan fingerprint density at radius 3 is 2.85 bits per heavy atom. The maximum absolute atomic E-state index is 11.8. The molecule has 0 aliphatic heterocycles. The number of para-hydroxylation sites is 2. The smallest absolute Gasteiger partial charge is 0.262 e. The third-order valence-electron chi connectivity index (χ3n) is 3.13. The molecule has 0 amide bonds. The van der Waals surface area contributed by atoms with Crippen LogP contribution in [0, 0.1) is 6.92 Å². The van der Waals surface area contributed by atoms with E-state index >= 15 is 0 Å². The molecule has 7 nitrogen and oxygen atoms in total. The number of rotatable bonds is 1. The quantitative estimate of drug-likeness (QED) is 0.543. The minimum atomic E-state index is -0.199. The number of hydrogen-bond acceptors (Lipinski definition) is 4. The maximum atomic E-state index is 11.8. The van der Waals surface area contributed by atoms with Crippen molar-refractivity contribution in [2.75, 3.05) is 0 Å². The van der Waals surface area contributed by atoms with E-state index in [9.17, 15) is 4.79 Å². The van der Waals surface area contributed by atoms with Crippen molar-refractivity contribution in [2.45, 2.75) is 6.92 Å². The predicted octanol–water partition coefficient (Wildman–Crippen LogP) is 1.29. The topological polar surface area (TPSA) is 92.2 Å². The summed E-state index contributed by atoms with van der Waals surface area (Å²) in [4.78, 5) is 26.4. The Morgan fingerprint density at radius 2 is 2.00 bits per heavy atom. The number of imidazole rings is 1. The summed E-state index contributed by atoms with van der Waals surface area (Å²) in [6.45, 7) is 1.73. The summed E-state index contributed by atoms with van der Waals surface area (Å²) in [7, 11) is 0. The Labute approximate surface area is 112 Å². The van der Waals surface area contributed by atoms with Gasteiger partial charge in [0.2, 0.25) is 5.95 Å². The molecule has 1 aromatic carbocycles. The molecule has 4 aromatic rings. The van der Waals surface area contributed by atoms with Crippen molar-refractivity contribution >= 4 is 22.1 Å². The van der Waals surface area contributed by atoms with Gasteiger partial charge in [0.25, 0.3) is 5.56 Å². The molecule has 4 rings (SSSR count). The molecule has 2 N–H and O–H groups in total. The number of fused-ring (bicyclic) bond motifs is 2. The first kappa shape index (κ1) is 10.9. The van der Waals surface area contributed by atoms with Crippen LogP contribution < -0.4 is 5.56 Å². The van der Waals surface area contributed by atoms with Gasteiger partial charge in [0.15, 0.2) is 5.65 Å².